The molecule has 0 heterocycles. The van der Waals surface area contributed by atoms with Crippen LogP contribution in [-0.4, -0.2) is 38.3 Å². The minimum Gasteiger partial charge on any atom is -0.383 e. The Morgan fingerprint density at radius 1 is 1.29 bits per heavy atom. The van der Waals surface area contributed by atoms with Crippen LogP contribution < -0.4 is 10.6 Å². The van der Waals surface area contributed by atoms with Crippen LogP contribution in [0.3, 0.4) is 0 Å². The van der Waals surface area contributed by atoms with Gasteiger partial charge in [0.15, 0.2) is 0 Å². The summed E-state index contributed by atoms with van der Waals surface area (Å²) >= 11 is 0. The summed E-state index contributed by atoms with van der Waals surface area (Å²) in [6, 6.07) is 0.246. The van der Waals surface area contributed by atoms with E-state index in [-0.39, 0.29) is 22.8 Å². The van der Waals surface area contributed by atoms with Gasteiger partial charge in [0.05, 0.1) is 12.6 Å². The van der Waals surface area contributed by atoms with Crippen LogP contribution in [0.5, 0.6) is 0 Å². The Kier molecular flexibility index (Phi) is 4.20. The van der Waals surface area contributed by atoms with Crippen molar-refractivity contribution in [2.75, 3.05) is 20.3 Å². The second-order valence-corrected chi connectivity index (χ2v) is 6.05. The highest BCUT2D eigenvalue weighted by molar-refractivity contribution is 5.81. The molecule has 4 nitrogen and oxygen atoms in total. The van der Waals surface area contributed by atoms with Gasteiger partial charge >= 0.3 is 0 Å². The third kappa shape index (κ3) is 2.80. The molecule has 1 aliphatic rings. The van der Waals surface area contributed by atoms with E-state index in [1.54, 1.807) is 7.11 Å². The van der Waals surface area contributed by atoms with Crippen molar-refractivity contribution in [1.29, 1.82) is 0 Å². The summed E-state index contributed by atoms with van der Waals surface area (Å²) in [5, 5.41) is 6.25. The van der Waals surface area contributed by atoms with Crippen molar-refractivity contribution in [3.63, 3.8) is 0 Å². The summed E-state index contributed by atoms with van der Waals surface area (Å²) in [6.45, 7) is 12.0. The van der Waals surface area contributed by atoms with Crippen molar-refractivity contribution in [1.82, 2.24) is 10.6 Å². The normalized spacial score (nSPS) is 23.2. The van der Waals surface area contributed by atoms with Crippen LogP contribution in [0.2, 0.25) is 0 Å². The molecule has 1 fully saturated rings. The summed E-state index contributed by atoms with van der Waals surface area (Å²) in [4.78, 5) is 11.8. The monoisotopic (exact) mass is 242 g/mol. The van der Waals surface area contributed by atoms with Gasteiger partial charge in [-0.2, -0.15) is 0 Å². The minimum atomic E-state index is -0.155. The lowest BCUT2D eigenvalue weighted by Crippen LogP contribution is -2.45. The molecule has 0 spiro atoms. The van der Waals surface area contributed by atoms with Crippen LogP contribution in [0.1, 0.15) is 34.6 Å². The lowest BCUT2D eigenvalue weighted by Gasteiger charge is -2.15. The Balaban J connectivity index is 2.36. The summed E-state index contributed by atoms with van der Waals surface area (Å²) in [5.74, 6) is 0.0422. The number of amides is 1. The number of methoxy groups -OCH3 is 1. The van der Waals surface area contributed by atoms with Crippen molar-refractivity contribution in [2.45, 2.75) is 46.7 Å². The van der Waals surface area contributed by atoms with E-state index in [9.17, 15) is 4.79 Å². The molecule has 0 aromatic rings. The van der Waals surface area contributed by atoms with Gasteiger partial charge < -0.3 is 15.4 Å². The third-order valence-corrected chi connectivity index (χ3v) is 4.44. The van der Waals surface area contributed by atoms with E-state index in [4.69, 9.17) is 4.74 Å². The Morgan fingerprint density at radius 2 is 1.82 bits per heavy atom. The second-order valence-electron chi connectivity index (χ2n) is 6.05. The van der Waals surface area contributed by atoms with Crippen LogP contribution in [0, 0.1) is 10.8 Å². The first-order valence-corrected chi connectivity index (χ1v) is 6.28. The molecule has 1 saturated carbocycles. The molecule has 1 unspecified atom stereocenters. The van der Waals surface area contributed by atoms with Crippen LogP contribution in [0.4, 0.5) is 0 Å². The van der Waals surface area contributed by atoms with Gasteiger partial charge in [-0.05, 0) is 17.8 Å². The van der Waals surface area contributed by atoms with Gasteiger partial charge in [0.1, 0.15) is 0 Å². The van der Waals surface area contributed by atoms with E-state index in [0.29, 0.717) is 19.2 Å². The number of ether oxygens (including phenoxy) is 1. The number of nitrogens with one attached hydrogen (secondary N) is 2. The maximum atomic E-state index is 11.8. The molecule has 1 amide bonds. The van der Waals surface area contributed by atoms with E-state index in [2.05, 4.69) is 38.3 Å². The average Bonchev–Trinajstić information content (AvgIpc) is 2.61. The van der Waals surface area contributed by atoms with E-state index >= 15 is 0 Å². The first kappa shape index (κ1) is 14.5. The zero-order valence-corrected chi connectivity index (χ0v) is 11.9. The quantitative estimate of drug-likeness (QED) is 0.687. The molecule has 1 atom stereocenters. The van der Waals surface area contributed by atoms with Gasteiger partial charge in [-0.15, -0.1) is 0 Å². The number of hydrogen-bond donors (Lipinski definition) is 2. The number of rotatable bonds is 6. The Morgan fingerprint density at radius 3 is 2.24 bits per heavy atom. The number of carbonyl (C=O) groups is 1. The fraction of sp³-hybridized carbons (Fsp3) is 0.923. The molecule has 100 valence electrons. The molecule has 2 N–H and O–H groups in total. The SMILES string of the molecule is COCCNC(=O)C(C)NC1C(C)(C)C1(C)C. The molecule has 0 bridgehead atoms. The first-order valence-electron chi connectivity index (χ1n) is 6.28. The van der Waals surface area contributed by atoms with Crippen LogP contribution >= 0.6 is 0 Å². The lowest BCUT2D eigenvalue weighted by molar-refractivity contribution is -0.123. The highest BCUT2D eigenvalue weighted by Crippen LogP contribution is 2.62. The van der Waals surface area contributed by atoms with Crippen molar-refractivity contribution in [3.8, 4) is 0 Å². The second kappa shape index (κ2) is 4.94. The van der Waals surface area contributed by atoms with Gasteiger partial charge in [-0.3, -0.25) is 4.79 Å². The standard InChI is InChI=1S/C13H26N2O2/c1-9(10(16)14-7-8-17-6)15-11-12(2,3)13(11,4)5/h9,11,15H,7-8H2,1-6H3,(H,14,16). The Hall–Kier alpha value is -0.610. The average molecular weight is 242 g/mol. The minimum absolute atomic E-state index is 0.0422. The van der Waals surface area contributed by atoms with E-state index in [0.717, 1.165) is 0 Å². The van der Waals surface area contributed by atoms with E-state index in [1.165, 1.54) is 0 Å². The van der Waals surface area contributed by atoms with Gasteiger partial charge in [-0.25, -0.2) is 0 Å². The molecule has 0 radical (unpaired) electrons. The predicted molar refractivity (Wildman–Crippen MR) is 68.8 cm³/mol. The van der Waals surface area contributed by atoms with Crippen LogP contribution in [0.25, 0.3) is 0 Å². The van der Waals surface area contributed by atoms with Crippen LogP contribution in [0.15, 0.2) is 0 Å². The zero-order chi connectivity index (χ0) is 13.3. The number of carbonyl (C=O) groups excluding carboxylic acids is 1. The molecular weight excluding hydrogens is 216 g/mol. The smallest absolute Gasteiger partial charge is 0.236 e. The topological polar surface area (TPSA) is 50.4 Å². The van der Waals surface area contributed by atoms with E-state index in [1.807, 2.05) is 6.92 Å². The molecule has 0 aromatic carbocycles. The highest BCUT2D eigenvalue weighted by atomic mass is 16.5. The third-order valence-electron chi connectivity index (χ3n) is 4.44. The molecule has 0 aliphatic heterocycles. The van der Waals surface area contributed by atoms with Crippen molar-refractivity contribution < 1.29 is 9.53 Å². The summed E-state index contributed by atoms with van der Waals surface area (Å²) in [5.41, 5.74) is 0.516. The van der Waals surface area contributed by atoms with Crippen LogP contribution in [-0.2, 0) is 9.53 Å². The Labute approximate surface area is 104 Å². The summed E-state index contributed by atoms with van der Waals surface area (Å²) in [6.07, 6.45) is 0. The number of hydrogen-bond acceptors (Lipinski definition) is 3. The first-order chi connectivity index (χ1) is 7.75. The molecule has 1 aliphatic carbocycles. The summed E-state index contributed by atoms with van der Waals surface area (Å²) in [7, 11) is 1.63. The molecule has 1 rings (SSSR count). The van der Waals surface area contributed by atoms with Gasteiger partial charge in [0, 0.05) is 19.7 Å². The Bertz CT molecular complexity index is 273. The van der Waals surface area contributed by atoms with Crippen molar-refractivity contribution in [3.05, 3.63) is 0 Å². The van der Waals surface area contributed by atoms with Gasteiger partial charge in [0.25, 0.3) is 0 Å². The highest BCUT2D eigenvalue weighted by Gasteiger charge is 2.64. The van der Waals surface area contributed by atoms with E-state index < -0.39 is 0 Å². The van der Waals surface area contributed by atoms with Crippen molar-refractivity contribution >= 4 is 5.91 Å². The zero-order valence-electron chi connectivity index (χ0n) is 11.9. The largest absolute Gasteiger partial charge is 0.383 e. The lowest BCUT2D eigenvalue weighted by atomic mass is 10.0. The fourth-order valence-corrected chi connectivity index (χ4v) is 2.37. The molecule has 4 heteroatoms. The molecule has 0 aromatic heterocycles. The maximum absolute atomic E-state index is 11.8. The molecule has 0 saturated heterocycles. The van der Waals surface area contributed by atoms with Gasteiger partial charge in [-0.1, -0.05) is 27.7 Å². The maximum Gasteiger partial charge on any atom is 0.236 e. The molecular formula is C13H26N2O2. The predicted octanol–water partition coefficient (Wildman–Crippen LogP) is 1.16. The summed E-state index contributed by atoms with van der Waals surface area (Å²) < 4.78 is 4.90. The fourth-order valence-electron chi connectivity index (χ4n) is 2.37. The molecule has 17 heavy (non-hydrogen) atoms. The van der Waals surface area contributed by atoms with Gasteiger partial charge in [0.2, 0.25) is 5.91 Å². The van der Waals surface area contributed by atoms with Crippen molar-refractivity contribution in [2.24, 2.45) is 10.8 Å².